The second-order valence-electron chi connectivity index (χ2n) is 11.5. The molecule has 0 spiro atoms. The zero-order valence-electron chi connectivity index (χ0n) is 25.4. The molecule has 4 nitrogen and oxygen atoms in total. The number of halogens is 5. The van der Waals surface area contributed by atoms with Gasteiger partial charge < -0.3 is 4.90 Å². The maximum atomic E-state index is 13.7. The van der Waals surface area contributed by atoms with Crippen molar-refractivity contribution in [3.05, 3.63) is 95.8 Å². The van der Waals surface area contributed by atoms with E-state index in [0.717, 1.165) is 71.9 Å². The minimum atomic E-state index is -0.151. The molecule has 2 aliphatic heterocycles. The van der Waals surface area contributed by atoms with Crippen LogP contribution < -0.4 is 0 Å². The van der Waals surface area contributed by atoms with Gasteiger partial charge in [0.15, 0.2) is 0 Å². The van der Waals surface area contributed by atoms with Crippen LogP contribution in [0.25, 0.3) is 11.1 Å². The van der Waals surface area contributed by atoms with Gasteiger partial charge in [0.2, 0.25) is 0 Å². The predicted molar refractivity (Wildman–Crippen MR) is 189 cm³/mol. The highest BCUT2D eigenvalue weighted by atomic mass is 35.5. The number of hydrogen-bond donors (Lipinski definition) is 0. The van der Waals surface area contributed by atoms with Crippen molar-refractivity contribution in [2.45, 2.75) is 38.8 Å². The molecule has 240 valence electrons. The Labute approximate surface area is 283 Å². The standard InChI is InChI=1S/C34H45FN4.4ClH/c1-28(2)38-23-25-39(26-24-38)34(31-14-16-32(35)17-15-31)27-37-21-19-36(20-22-37)18-8-12-30-11-6-7-13-33(30)29-9-4-3-5-10-29;;;;/h3-7,9-11,13-17,28,34H,8,12,18-27H2,1-2H3;4*1H. The Morgan fingerprint density at radius 2 is 1.19 bits per heavy atom. The highest BCUT2D eigenvalue weighted by molar-refractivity contribution is 5.86. The Hall–Kier alpha value is -1.41. The van der Waals surface area contributed by atoms with Crippen LogP contribution in [0.15, 0.2) is 78.9 Å². The van der Waals surface area contributed by atoms with Crippen LogP contribution in [0.1, 0.15) is 37.4 Å². The highest BCUT2D eigenvalue weighted by Gasteiger charge is 2.29. The molecule has 2 aliphatic rings. The van der Waals surface area contributed by atoms with Crippen LogP contribution in [-0.4, -0.2) is 91.1 Å². The van der Waals surface area contributed by atoms with Gasteiger partial charge in [-0.2, -0.15) is 0 Å². The molecule has 0 saturated carbocycles. The van der Waals surface area contributed by atoms with E-state index in [2.05, 4.69) is 88.0 Å². The smallest absolute Gasteiger partial charge is 0.123 e. The van der Waals surface area contributed by atoms with Gasteiger partial charge in [-0.1, -0.05) is 66.7 Å². The lowest BCUT2D eigenvalue weighted by Crippen LogP contribution is -2.53. The fraction of sp³-hybridized carbons (Fsp3) is 0.471. The fourth-order valence-electron chi connectivity index (χ4n) is 6.25. The van der Waals surface area contributed by atoms with E-state index in [1.165, 1.54) is 28.7 Å². The molecule has 43 heavy (non-hydrogen) atoms. The number of hydrogen-bond acceptors (Lipinski definition) is 4. The third kappa shape index (κ3) is 11.2. The molecule has 3 aromatic carbocycles. The van der Waals surface area contributed by atoms with Crippen LogP contribution >= 0.6 is 49.6 Å². The first kappa shape index (κ1) is 39.6. The van der Waals surface area contributed by atoms with E-state index in [0.29, 0.717) is 12.1 Å². The van der Waals surface area contributed by atoms with Crippen LogP contribution in [0.3, 0.4) is 0 Å². The lowest BCUT2D eigenvalue weighted by Gasteiger charge is -2.43. The Kier molecular flexibility index (Phi) is 18.3. The largest absolute Gasteiger partial charge is 0.301 e. The second kappa shape index (κ2) is 19.9. The summed E-state index contributed by atoms with van der Waals surface area (Å²) in [5.41, 5.74) is 5.36. The van der Waals surface area contributed by atoms with Gasteiger partial charge in [-0.3, -0.25) is 14.7 Å². The molecule has 1 unspecified atom stereocenters. The molecule has 0 bridgehead atoms. The molecule has 0 amide bonds. The summed E-state index contributed by atoms with van der Waals surface area (Å²) in [6.45, 7) is 15.6. The zero-order valence-corrected chi connectivity index (χ0v) is 28.7. The van der Waals surface area contributed by atoms with E-state index in [4.69, 9.17) is 0 Å². The normalized spacial score (nSPS) is 17.2. The average molecular weight is 675 g/mol. The summed E-state index contributed by atoms with van der Waals surface area (Å²) in [5.74, 6) is -0.151. The van der Waals surface area contributed by atoms with Crippen molar-refractivity contribution in [2.24, 2.45) is 0 Å². The Morgan fingerprint density at radius 3 is 1.81 bits per heavy atom. The number of rotatable bonds is 10. The molecule has 2 heterocycles. The van der Waals surface area contributed by atoms with Crippen LogP contribution in [0.5, 0.6) is 0 Å². The van der Waals surface area contributed by atoms with Crippen LogP contribution in [-0.2, 0) is 6.42 Å². The van der Waals surface area contributed by atoms with Gasteiger partial charge in [0.25, 0.3) is 0 Å². The summed E-state index contributed by atoms with van der Waals surface area (Å²) >= 11 is 0. The van der Waals surface area contributed by atoms with Crippen molar-refractivity contribution in [1.82, 2.24) is 19.6 Å². The molecular formula is C34H49Cl4FN4. The molecule has 0 aromatic heterocycles. The van der Waals surface area contributed by atoms with Crippen molar-refractivity contribution < 1.29 is 4.39 Å². The van der Waals surface area contributed by atoms with Crippen LogP contribution in [0.2, 0.25) is 0 Å². The minimum absolute atomic E-state index is 0. The zero-order chi connectivity index (χ0) is 27.0. The molecule has 1 atom stereocenters. The van der Waals surface area contributed by atoms with Gasteiger partial charge in [-0.15, -0.1) is 49.6 Å². The molecule has 0 N–H and O–H groups in total. The average Bonchev–Trinajstić information content (AvgIpc) is 2.98. The first-order valence-electron chi connectivity index (χ1n) is 14.9. The number of piperazine rings is 2. The second-order valence-corrected chi connectivity index (χ2v) is 11.5. The summed E-state index contributed by atoms with van der Waals surface area (Å²) < 4.78 is 13.7. The van der Waals surface area contributed by atoms with Gasteiger partial charge in [0, 0.05) is 71.0 Å². The lowest BCUT2D eigenvalue weighted by molar-refractivity contribution is 0.0481. The third-order valence-electron chi connectivity index (χ3n) is 8.69. The minimum Gasteiger partial charge on any atom is -0.301 e. The van der Waals surface area contributed by atoms with Crippen LogP contribution in [0.4, 0.5) is 4.39 Å². The van der Waals surface area contributed by atoms with E-state index < -0.39 is 0 Å². The summed E-state index contributed by atoms with van der Waals surface area (Å²) in [5, 5.41) is 0. The first-order chi connectivity index (χ1) is 19.1. The highest BCUT2D eigenvalue weighted by Crippen LogP contribution is 2.26. The van der Waals surface area contributed by atoms with Gasteiger partial charge in [0.05, 0.1) is 0 Å². The summed E-state index contributed by atoms with van der Waals surface area (Å²) in [7, 11) is 0. The monoisotopic (exact) mass is 672 g/mol. The molecule has 9 heteroatoms. The number of aryl methyl sites for hydroxylation is 1. The first-order valence-corrected chi connectivity index (χ1v) is 14.9. The summed E-state index contributed by atoms with van der Waals surface area (Å²) in [6, 6.07) is 27.8. The number of nitrogens with zero attached hydrogens (tertiary/aromatic N) is 4. The quantitative estimate of drug-likeness (QED) is 0.221. The molecule has 2 saturated heterocycles. The molecular weight excluding hydrogens is 625 g/mol. The molecule has 3 aromatic rings. The lowest BCUT2D eigenvalue weighted by atomic mass is 9.96. The summed E-state index contributed by atoms with van der Waals surface area (Å²) in [4.78, 5) is 10.5. The van der Waals surface area contributed by atoms with Gasteiger partial charge in [-0.25, -0.2) is 4.39 Å². The number of benzene rings is 3. The van der Waals surface area contributed by atoms with Gasteiger partial charge >= 0.3 is 0 Å². The Bertz CT molecular complexity index is 1150. The van der Waals surface area contributed by atoms with Crippen molar-refractivity contribution in [3.63, 3.8) is 0 Å². The molecule has 0 aliphatic carbocycles. The SMILES string of the molecule is CC(C)N1CCN(C(CN2CCN(CCCc3ccccc3-c3ccccc3)CC2)c2ccc(F)cc2)CC1.Cl.Cl.Cl.Cl. The van der Waals surface area contributed by atoms with E-state index in [1.54, 1.807) is 12.1 Å². The summed E-state index contributed by atoms with van der Waals surface area (Å²) in [6.07, 6.45) is 2.29. The van der Waals surface area contributed by atoms with Gasteiger partial charge in [0.1, 0.15) is 5.82 Å². The van der Waals surface area contributed by atoms with E-state index >= 15 is 0 Å². The van der Waals surface area contributed by atoms with Gasteiger partial charge in [-0.05, 0) is 67.6 Å². The van der Waals surface area contributed by atoms with Crippen LogP contribution in [0, 0.1) is 5.82 Å². The Balaban J connectivity index is 0.00000231. The predicted octanol–water partition coefficient (Wildman–Crippen LogP) is 7.50. The van der Waals surface area contributed by atoms with Crippen molar-refractivity contribution in [1.29, 1.82) is 0 Å². The fourth-order valence-corrected chi connectivity index (χ4v) is 6.25. The maximum Gasteiger partial charge on any atom is 0.123 e. The van der Waals surface area contributed by atoms with E-state index in [1.807, 2.05) is 12.1 Å². The van der Waals surface area contributed by atoms with E-state index in [9.17, 15) is 4.39 Å². The third-order valence-corrected chi connectivity index (χ3v) is 8.69. The van der Waals surface area contributed by atoms with Crippen molar-refractivity contribution >= 4 is 49.6 Å². The molecule has 5 rings (SSSR count). The topological polar surface area (TPSA) is 13.0 Å². The Morgan fingerprint density at radius 1 is 0.628 bits per heavy atom. The van der Waals surface area contributed by atoms with Crippen molar-refractivity contribution in [3.8, 4) is 11.1 Å². The van der Waals surface area contributed by atoms with E-state index in [-0.39, 0.29) is 55.4 Å². The van der Waals surface area contributed by atoms with Crippen molar-refractivity contribution in [2.75, 3.05) is 65.4 Å². The molecule has 0 radical (unpaired) electrons. The molecule has 2 fully saturated rings. The maximum absolute atomic E-state index is 13.7.